The van der Waals surface area contributed by atoms with Crippen molar-refractivity contribution >= 4 is 5.97 Å². The van der Waals surface area contributed by atoms with E-state index in [9.17, 15) is 4.79 Å². The van der Waals surface area contributed by atoms with Gasteiger partial charge in [0.25, 0.3) is 0 Å². The van der Waals surface area contributed by atoms with Gasteiger partial charge in [-0.3, -0.25) is 4.79 Å². The highest BCUT2D eigenvalue weighted by Gasteiger charge is 2.50. The molecule has 14 heavy (non-hydrogen) atoms. The van der Waals surface area contributed by atoms with Crippen LogP contribution in [0.2, 0.25) is 0 Å². The van der Waals surface area contributed by atoms with Crippen molar-refractivity contribution in [3.05, 3.63) is 0 Å². The maximum Gasteiger partial charge on any atom is 0.326 e. The number of hydrogen-bond acceptors (Lipinski definition) is 4. The van der Waals surface area contributed by atoms with Gasteiger partial charge in [-0.25, -0.2) is 0 Å². The summed E-state index contributed by atoms with van der Waals surface area (Å²) in [5.41, 5.74) is -0.490. The summed E-state index contributed by atoms with van der Waals surface area (Å²) < 4.78 is 10.4. The van der Waals surface area contributed by atoms with Gasteiger partial charge in [-0.2, -0.15) is 0 Å². The first-order valence-electron chi connectivity index (χ1n) is 5.16. The van der Waals surface area contributed by atoms with Gasteiger partial charge in [0.1, 0.15) is 5.54 Å². The van der Waals surface area contributed by atoms with Crippen molar-refractivity contribution in [2.24, 2.45) is 0 Å². The van der Waals surface area contributed by atoms with Gasteiger partial charge in [0, 0.05) is 19.4 Å². The third-order valence-corrected chi connectivity index (χ3v) is 2.70. The lowest BCUT2D eigenvalue weighted by molar-refractivity contribution is -0.163. The molecule has 0 aliphatic heterocycles. The molecule has 1 fully saturated rings. The quantitative estimate of drug-likeness (QED) is 0.665. The first-order chi connectivity index (χ1) is 6.68. The Bertz CT molecular complexity index is 200. The minimum absolute atomic E-state index is 0.154. The average molecular weight is 201 g/mol. The molecule has 0 aromatic carbocycles. The maximum absolute atomic E-state index is 11.6. The molecule has 0 unspecified atom stereocenters. The fourth-order valence-electron chi connectivity index (χ4n) is 1.81. The second-order valence-electron chi connectivity index (χ2n) is 3.54. The zero-order valence-corrected chi connectivity index (χ0v) is 9.13. The Labute approximate surface area is 85.0 Å². The molecule has 0 bridgehead atoms. The lowest BCUT2D eigenvalue weighted by Gasteiger charge is -2.44. The third-order valence-electron chi connectivity index (χ3n) is 2.70. The first kappa shape index (κ1) is 11.5. The van der Waals surface area contributed by atoms with Gasteiger partial charge in [0.15, 0.2) is 0 Å². The number of likely N-dealkylation sites (N-methyl/N-ethyl adjacent to an activating group) is 1. The standard InChI is InChI=1S/C10H19NO3/c1-4-13-8-6-10(7-8,11-3)9(12)14-5-2/h8,11H,4-7H2,1-3H3. The second-order valence-corrected chi connectivity index (χ2v) is 3.54. The van der Waals surface area contributed by atoms with E-state index in [-0.39, 0.29) is 12.1 Å². The number of esters is 1. The van der Waals surface area contributed by atoms with E-state index in [0.717, 1.165) is 12.8 Å². The van der Waals surface area contributed by atoms with Crippen LogP contribution in [0, 0.1) is 0 Å². The predicted molar refractivity (Wildman–Crippen MR) is 53.1 cm³/mol. The first-order valence-corrected chi connectivity index (χ1v) is 5.16. The van der Waals surface area contributed by atoms with E-state index < -0.39 is 5.54 Å². The minimum Gasteiger partial charge on any atom is -0.465 e. The molecule has 0 heterocycles. The smallest absolute Gasteiger partial charge is 0.326 e. The van der Waals surface area contributed by atoms with E-state index >= 15 is 0 Å². The summed E-state index contributed by atoms with van der Waals surface area (Å²) in [7, 11) is 1.79. The Balaban J connectivity index is 2.44. The van der Waals surface area contributed by atoms with Gasteiger partial charge in [0.2, 0.25) is 0 Å². The van der Waals surface area contributed by atoms with Crippen LogP contribution in [0.4, 0.5) is 0 Å². The number of nitrogens with one attached hydrogen (secondary N) is 1. The molecule has 0 spiro atoms. The molecule has 1 N–H and O–H groups in total. The molecule has 0 saturated heterocycles. The monoisotopic (exact) mass is 201 g/mol. The van der Waals surface area contributed by atoms with Crippen LogP contribution in [0.5, 0.6) is 0 Å². The van der Waals surface area contributed by atoms with Crippen LogP contribution in [-0.4, -0.2) is 37.9 Å². The number of ether oxygens (including phenoxy) is 2. The van der Waals surface area contributed by atoms with Gasteiger partial charge in [0.05, 0.1) is 12.7 Å². The van der Waals surface area contributed by atoms with Gasteiger partial charge in [-0.15, -0.1) is 0 Å². The normalized spacial score (nSPS) is 30.9. The van der Waals surface area contributed by atoms with Crippen LogP contribution in [0.3, 0.4) is 0 Å². The molecule has 1 rings (SSSR count). The van der Waals surface area contributed by atoms with Crippen LogP contribution >= 0.6 is 0 Å². The predicted octanol–water partition coefficient (Wildman–Crippen LogP) is 0.707. The van der Waals surface area contributed by atoms with E-state index in [0.29, 0.717) is 13.2 Å². The fraction of sp³-hybridized carbons (Fsp3) is 0.900. The molecule has 4 nitrogen and oxygen atoms in total. The van der Waals surface area contributed by atoms with E-state index in [4.69, 9.17) is 9.47 Å². The summed E-state index contributed by atoms with van der Waals surface area (Å²) in [4.78, 5) is 11.6. The van der Waals surface area contributed by atoms with Crippen molar-refractivity contribution in [3.63, 3.8) is 0 Å². The van der Waals surface area contributed by atoms with Crippen molar-refractivity contribution in [2.75, 3.05) is 20.3 Å². The summed E-state index contributed by atoms with van der Waals surface area (Å²) in [6.07, 6.45) is 1.64. The van der Waals surface area contributed by atoms with Crippen LogP contribution in [-0.2, 0) is 14.3 Å². The van der Waals surface area contributed by atoms with Crippen molar-refractivity contribution in [1.29, 1.82) is 0 Å². The van der Waals surface area contributed by atoms with Crippen molar-refractivity contribution < 1.29 is 14.3 Å². The minimum atomic E-state index is -0.490. The molecule has 1 saturated carbocycles. The zero-order chi connectivity index (χ0) is 10.6. The zero-order valence-electron chi connectivity index (χ0n) is 9.13. The van der Waals surface area contributed by atoms with E-state index in [1.165, 1.54) is 0 Å². The molecule has 0 aromatic heterocycles. The van der Waals surface area contributed by atoms with Gasteiger partial charge in [-0.05, 0) is 20.9 Å². The highest BCUT2D eigenvalue weighted by molar-refractivity contribution is 5.82. The molecular weight excluding hydrogens is 182 g/mol. The molecule has 4 heteroatoms. The molecule has 0 atom stereocenters. The largest absolute Gasteiger partial charge is 0.465 e. The van der Waals surface area contributed by atoms with Crippen molar-refractivity contribution in [2.45, 2.75) is 38.3 Å². The maximum atomic E-state index is 11.6. The molecular formula is C10H19NO3. The van der Waals surface area contributed by atoms with Gasteiger partial charge in [-0.1, -0.05) is 0 Å². The van der Waals surface area contributed by atoms with E-state index in [1.807, 2.05) is 13.8 Å². The van der Waals surface area contributed by atoms with Gasteiger partial charge >= 0.3 is 5.97 Å². The second kappa shape index (κ2) is 4.75. The lowest BCUT2D eigenvalue weighted by atomic mass is 9.74. The topological polar surface area (TPSA) is 47.6 Å². The summed E-state index contributed by atoms with van der Waals surface area (Å²) in [6, 6.07) is 0. The molecule has 1 aliphatic carbocycles. The molecule has 0 radical (unpaired) electrons. The Morgan fingerprint density at radius 2 is 2.07 bits per heavy atom. The Morgan fingerprint density at radius 3 is 2.50 bits per heavy atom. The molecule has 82 valence electrons. The number of carbonyl (C=O) groups is 1. The molecule has 0 amide bonds. The fourth-order valence-corrected chi connectivity index (χ4v) is 1.81. The number of rotatable bonds is 5. The van der Waals surface area contributed by atoms with E-state index in [2.05, 4.69) is 5.32 Å². The molecule has 1 aliphatic rings. The van der Waals surface area contributed by atoms with Crippen LogP contribution < -0.4 is 5.32 Å². The van der Waals surface area contributed by atoms with Crippen LogP contribution in [0.25, 0.3) is 0 Å². The Hall–Kier alpha value is -0.610. The Kier molecular flexibility index (Phi) is 3.89. The van der Waals surface area contributed by atoms with Crippen molar-refractivity contribution in [1.82, 2.24) is 5.32 Å². The lowest BCUT2D eigenvalue weighted by Crippen LogP contribution is -2.62. The van der Waals surface area contributed by atoms with Crippen LogP contribution in [0.15, 0.2) is 0 Å². The van der Waals surface area contributed by atoms with E-state index in [1.54, 1.807) is 7.05 Å². The van der Waals surface area contributed by atoms with Crippen molar-refractivity contribution in [3.8, 4) is 0 Å². The van der Waals surface area contributed by atoms with Gasteiger partial charge < -0.3 is 14.8 Å². The number of hydrogen-bond donors (Lipinski definition) is 1. The highest BCUT2D eigenvalue weighted by Crippen LogP contribution is 2.35. The third kappa shape index (κ3) is 2.07. The average Bonchev–Trinajstić information content (AvgIpc) is 2.11. The Morgan fingerprint density at radius 1 is 1.43 bits per heavy atom. The highest BCUT2D eigenvalue weighted by atomic mass is 16.5. The summed E-state index contributed by atoms with van der Waals surface area (Å²) in [5.74, 6) is -0.154. The molecule has 0 aromatic rings. The summed E-state index contributed by atoms with van der Waals surface area (Å²) in [5, 5.41) is 3.03. The summed E-state index contributed by atoms with van der Waals surface area (Å²) in [6.45, 7) is 4.92. The SMILES string of the molecule is CCOC(=O)C1(NC)CC(OCC)C1. The summed E-state index contributed by atoms with van der Waals surface area (Å²) >= 11 is 0. The number of carbonyl (C=O) groups excluding carboxylic acids is 1. The van der Waals surface area contributed by atoms with Crippen LogP contribution in [0.1, 0.15) is 26.7 Å².